The Kier molecular flexibility index (Phi) is 6.64. The molecule has 0 aliphatic heterocycles. The van der Waals surface area contributed by atoms with E-state index in [1.54, 1.807) is 6.07 Å². The van der Waals surface area contributed by atoms with E-state index in [9.17, 15) is 18.0 Å². The molecule has 7 heteroatoms. The summed E-state index contributed by atoms with van der Waals surface area (Å²) in [6.07, 6.45) is -4.48. The summed E-state index contributed by atoms with van der Waals surface area (Å²) in [4.78, 5) is 11.7. The molecule has 0 saturated heterocycles. The van der Waals surface area contributed by atoms with E-state index in [0.717, 1.165) is 0 Å². The number of amides is 1. The zero-order chi connectivity index (χ0) is 15.9. The number of rotatable bonds is 7. The number of carbonyl (C=O) groups is 1. The predicted octanol–water partition coefficient (Wildman–Crippen LogP) is 2.03. The highest BCUT2D eigenvalue weighted by Gasteiger charge is 2.41. The third-order valence-electron chi connectivity index (χ3n) is 2.88. The molecule has 118 valence electrons. The van der Waals surface area contributed by atoms with Crippen LogP contribution in [0.3, 0.4) is 0 Å². The van der Waals surface area contributed by atoms with Gasteiger partial charge in [-0.1, -0.05) is 30.3 Å². The first kappa shape index (κ1) is 17.5. The van der Waals surface area contributed by atoms with Crippen LogP contribution in [0.1, 0.15) is 18.5 Å². The summed E-state index contributed by atoms with van der Waals surface area (Å²) in [7, 11) is 1.48. The van der Waals surface area contributed by atoms with Crippen molar-refractivity contribution in [2.45, 2.75) is 25.2 Å². The van der Waals surface area contributed by atoms with Crippen molar-refractivity contribution in [1.29, 1.82) is 0 Å². The van der Waals surface area contributed by atoms with Crippen LogP contribution < -0.4 is 10.6 Å². The van der Waals surface area contributed by atoms with Gasteiger partial charge in [-0.3, -0.25) is 10.1 Å². The van der Waals surface area contributed by atoms with Gasteiger partial charge in [0.05, 0.1) is 12.6 Å². The number of halogens is 3. The Hall–Kier alpha value is -1.60. The molecule has 1 aromatic rings. The fraction of sp³-hybridized carbons (Fsp3) is 0.500. The third-order valence-corrected chi connectivity index (χ3v) is 2.88. The summed E-state index contributed by atoms with van der Waals surface area (Å²) in [5.41, 5.74) is 0.0709. The van der Waals surface area contributed by atoms with E-state index in [2.05, 4.69) is 10.6 Å². The van der Waals surface area contributed by atoms with Gasteiger partial charge >= 0.3 is 6.18 Å². The largest absolute Gasteiger partial charge is 0.407 e. The molecule has 0 aliphatic rings. The highest BCUT2D eigenvalue weighted by Crippen LogP contribution is 2.32. The van der Waals surface area contributed by atoms with Crippen molar-refractivity contribution in [3.63, 3.8) is 0 Å². The first-order chi connectivity index (χ1) is 9.86. The van der Waals surface area contributed by atoms with Crippen molar-refractivity contribution in [3.8, 4) is 0 Å². The molecular weight excluding hydrogens is 285 g/mol. The minimum atomic E-state index is -4.48. The summed E-state index contributed by atoms with van der Waals surface area (Å²) in [6.45, 7) is 1.95. The van der Waals surface area contributed by atoms with Crippen molar-refractivity contribution in [2.24, 2.45) is 0 Å². The lowest BCUT2D eigenvalue weighted by Gasteiger charge is -2.25. The number of carbonyl (C=O) groups excluding carboxylic acids is 1. The maximum Gasteiger partial charge on any atom is 0.407 e. The zero-order valence-electron chi connectivity index (χ0n) is 11.9. The minimum Gasteiger partial charge on any atom is -0.383 e. The van der Waals surface area contributed by atoms with Crippen molar-refractivity contribution in [2.75, 3.05) is 20.3 Å². The normalized spacial score (nSPS) is 14.5. The van der Waals surface area contributed by atoms with Crippen molar-refractivity contribution >= 4 is 5.91 Å². The first-order valence-corrected chi connectivity index (χ1v) is 6.50. The summed E-state index contributed by atoms with van der Waals surface area (Å²) in [6, 6.07) is 4.58. The summed E-state index contributed by atoms with van der Waals surface area (Å²) in [5, 5.41) is 4.82. The Balaban J connectivity index is 2.72. The summed E-state index contributed by atoms with van der Waals surface area (Å²) >= 11 is 0. The van der Waals surface area contributed by atoms with Gasteiger partial charge in [-0.05, 0) is 12.5 Å². The molecule has 1 rings (SSSR count). The smallest absolute Gasteiger partial charge is 0.383 e. The van der Waals surface area contributed by atoms with E-state index in [0.29, 0.717) is 6.61 Å². The van der Waals surface area contributed by atoms with Gasteiger partial charge in [-0.15, -0.1) is 0 Å². The molecule has 2 N–H and O–H groups in total. The van der Waals surface area contributed by atoms with Crippen LogP contribution in [0.25, 0.3) is 0 Å². The Bertz CT molecular complexity index is 438. The Morgan fingerprint density at radius 3 is 2.43 bits per heavy atom. The number of hydrogen-bond acceptors (Lipinski definition) is 3. The monoisotopic (exact) mass is 304 g/mol. The molecule has 0 aromatic heterocycles. The van der Waals surface area contributed by atoms with Gasteiger partial charge in [0.1, 0.15) is 6.04 Å². The highest BCUT2D eigenvalue weighted by atomic mass is 19.4. The van der Waals surface area contributed by atoms with Crippen LogP contribution in [0.4, 0.5) is 13.2 Å². The molecule has 0 heterocycles. The molecule has 0 saturated carbocycles. The molecule has 21 heavy (non-hydrogen) atoms. The summed E-state index contributed by atoms with van der Waals surface area (Å²) < 4.78 is 44.1. The molecular formula is C14H19F3N2O2. The van der Waals surface area contributed by atoms with Crippen LogP contribution in [0.5, 0.6) is 0 Å². The van der Waals surface area contributed by atoms with Crippen LogP contribution >= 0.6 is 0 Å². The van der Waals surface area contributed by atoms with Gasteiger partial charge in [0, 0.05) is 13.7 Å². The molecule has 0 spiro atoms. The van der Waals surface area contributed by atoms with E-state index in [1.165, 1.54) is 38.3 Å². The highest BCUT2D eigenvalue weighted by molar-refractivity contribution is 5.81. The van der Waals surface area contributed by atoms with Gasteiger partial charge in [0.2, 0.25) is 5.91 Å². The van der Waals surface area contributed by atoms with Crippen LogP contribution in [-0.2, 0) is 9.53 Å². The molecule has 1 aromatic carbocycles. The molecule has 0 aliphatic carbocycles. The second-order valence-corrected chi connectivity index (χ2v) is 4.56. The quantitative estimate of drug-likeness (QED) is 0.758. The van der Waals surface area contributed by atoms with E-state index < -0.39 is 24.2 Å². The maximum atomic E-state index is 13.1. The lowest BCUT2D eigenvalue weighted by Crippen LogP contribution is -2.47. The van der Waals surface area contributed by atoms with Crippen LogP contribution in [-0.4, -0.2) is 38.4 Å². The van der Waals surface area contributed by atoms with Crippen molar-refractivity contribution < 1.29 is 22.7 Å². The number of ether oxygens (including phenoxy) is 1. The Labute approximate surface area is 121 Å². The molecule has 1 amide bonds. The van der Waals surface area contributed by atoms with E-state index in [4.69, 9.17) is 4.74 Å². The van der Waals surface area contributed by atoms with Gasteiger partial charge in [-0.25, -0.2) is 0 Å². The molecule has 2 unspecified atom stereocenters. The average molecular weight is 304 g/mol. The SMILES string of the molecule is COCCNC(=O)C(C)NC(c1ccccc1)C(F)(F)F. The maximum absolute atomic E-state index is 13.1. The number of benzene rings is 1. The van der Waals surface area contributed by atoms with Gasteiger partial charge in [-0.2, -0.15) is 13.2 Å². The number of nitrogens with one attached hydrogen (secondary N) is 2. The van der Waals surface area contributed by atoms with E-state index >= 15 is 0 Å². The molecule has 0 radical (unpaired) electrons. The van der Waals surface area contributed by atoms with Gasteiger partial charge < -0.3 is 10.1 Å². The minimum absolute atomic E-state index is 0.0709. The lowest BCUT2D eigenvalue weighted by atomic mass is 10.1. The first-order valence-electron chi connectivity index (χ1n) is 6.50. The van der Waals surface area contributed by atoms with E-state index in [-0.39, 0.29) is 12.1 Å². The zero-order valence-corrected chi connectivity index (χ0v) is 11.9. The molecule has 0 bridgehead atoms. The standard InChI is InChI=1S/C14H19F3N2O2/c1-10(13(20)18-8-9-21-2)19-12(14(15,16)17)11-6-4-3-5-7-11/h3-7,10,12,19H,8-9H2,1-2H3,(H,18,20). The fourth-order valence-corrected chi connectivity index (χ4v) is 1.78. The fourth-order valence-electron chi connectivity index (χ4n) is 1.78. The van der Waals surface area contributed by atoms with Crippen LogP contribution in [0, 0.1) is 0 Å². The second-order valence-electron chi connectivity index (χ2n) is 4.56. The van der Waals surface area contributed by atoms with Gasteiger partial charge in [0.25, 0.3) is 0 Å². The van der Waals surface area contributed by atoms with E-state index in [1.807, 2.05) is 0 Å². The molecule has 4 nitrogen and oxygen atoms in total. The van der Waals surface area contributed by atoms with Crippen LogP contribution in [0.15, 0.2) is 30.3 Å². The average Bonchev–Trinajstić information content (AvgIpc) is 2.44. The number of methoxy groups -OCH3 is 1. The van der Waals surface area contributed by atoms with Crippen LogP contribution in [0.2, 0.25) is 0 Å². The predicted molar refractivity (Wildman–Crippen MR) is 72.7 cm³/mol. The Morgan fingerprint density at radius 2 is 1.90 bits per heavy atom. The third kappa shape index (κ3) is 5.73. The van der Waals surface area contributed by atoms with Gasteiger partial charge in [0.15, 0.2) is 0 Å². The van der Waals surface area contributed by atoms with Crippen molar-refractivity contribution in [1.82, 2.24) is 10.6 Å². The number of alkyl halides is 3. The number of hydrogen-bond donors (Lipinski definition) is 2. The van der Waals surface area contributed by atoms with Crippen molar-refractivity contribution in [3.05, 3.63) is 35.9 Å². The lowest BCUT2D eigenvalue weighted by molar-refractivity contribution is -0.160. The Morgan fingerprint density at radius 1 is 1.29 bits per heavy atom. The summed E-state index contributed by atoms with van der Waals surface area (Å²) in [5.74, 6) is -0.503. The second kappa shape index (κ2) is 7.99. The molecule has 0 fully saturated rings. The topological polar surface area (TPSA) is 50.4 Å². The molecule has 2 atom stereocenters.